The Morgan fingerprint density at radius 2 is 1.96 bits per heavy atom. The van der Waals surface area contributed by atoms with E-state index in [0.29, 0.717) is 17.3 Å². The van der Waals surface area contributed by atoms with Crippen molar-refractivity contribution >= 4 is 23.5 Å². The minimum Gasteiger partial charge on any atom is -0.289 e. The fourth-order valence-corrected chi connectivity index (χ4v) is 2.83. The van der Waals surface area contributed by atoms with Crippen LogP contribution in [-0.4, -0.2) is 25.3 Å². The molecule has 0 saturated carbocycles. The maximum absolute atomic E-state index is 12.2. The molecule has 3 aromatic rings. The topological polar surface area (TPSA) is 52.7 Å². The Hall–Kier alpha value is -2.66. The summed E-state index contributed by atoms with van der Waals surface area (Å²) in [6, 6.07) is 8.24. The average Bonchev–Trinajstić information content (AvgIpc) is 3.12. The second-order valence-corrected chi connectivity index (χ2v) is 6.39. The van der Waals surface area contributed by atoms with Crippen molar-refractivity contribution in [3.8, 4) is 0 Å². The van der Waals surface area contributed by atoms with Crippen LogP contribution in [0.2, 0.25) is 5.15 Å². The number of benzene rings is 1. The summed E-state index contributed by atoms with van der Waals surface area (Å²) >= 11 is 6.47. The van der Waals surface area contributed by atoms with E-state index in [1.54, 1.807) is 34.9 Å². The molecule has 2 heterocycles. The summed E-state index contributed by atoms with van der Waals surface area (Å²) in [6.07, 6.45) is 6.44. The molecule has 0 radical (unpaired) electrons. The van der Waals surface area contributed by atoms with Crippen molar-refractivity contribution in [2.24, 2.45) is 7.05 Å². The number of carbonyl (C=O) groups excluding carboxylic acids is 1. The molecule has 6 heteroatoms. The van der Waals surface area contributed by atoms with E-state index >= 15 is 0 Å². The maximum Gasteiger partial charge on any atom is 0.189 e. The number of halogens is 1. The molecule has 25 heavy (non-hydrogen) atoms. The van der Waals surface area contributed by atoms with Gasteiger partial charge in [0.2, 0.25) is 0 Å². The van der Waals surface area contributed by atoms with Gasteiger partial charge in [0.1, 0.15) is 5.15 Å². The number of hydrogen-bond acceptors (Lipinski definition) is 3. The van der Waals surface area contributed by atoms with Crippen molar-refractivity contribution in [1.82, 2.24) is 19.6 Å². The van der Waals surface area contributed by atoms with E-state index in [1.165, 1.54) is 11.6 Å². The molecular weight excluding hydrogens is 336 g/mol. The molecule has 0 fully saturated rings. The third-order valence-electron chi connectivity index (χ3n) is 3.95. The summed E-state index contributed by atoms with van der Waals surface area (Å²) in [7, 11) is 1.77. The van der Waals surface area contributed by atoms with Crippen molar-refractivity contribution in [2.75, 3.05) is 0 Å². The van der Waals surface area contributed by atoms with Crippen LogP contribution in [0.5, 0.6) is 0 Å². The van der Waals surface area contributed by atoms with Crippen molar-refractivity contribution in [1.29, 1.82) is 0 Å². The summed E-state index contributed by atoms with van der Waals surface area (Å²) in [5.41, 5.74) is 4.42. The van der Waals surface area contributed by atoms with Gasteiger partial charge in [0.15, 0.2) is 5.78 Å². The van der Waals surface area contributed by atoms with E-state index in [-0.39, 0.29) is 5.78 Å². The second-order valence-electron chi connectivity index (χ2n) is 6.03. The number of rotatable bonds is 5. The average molecular weight is 355 g/mol. The van der Waals surface area contributed by atoms with Gasteiger partial charge in [-0.3, -0.25) is 9.48 Å². The number of carbonyl (C=O) groups is 1. The normalized spacial score (nSPS) is 11.4. The summed E-state index contributed by atoms with van der Waals surface area (Å²) in [4.78, 5) is 12.2. The van der Waals surface area contributed by atoms with Gasteiger partial charge >= 0.3 is 0 Å². The highest BCUT2D eigenvalue weighted by Crippen LogP contribution is 2.22. The van der Waals surface area contributed by atoms with Gasteiger partial charge in [0.25, 0.3) is 0 Å². The van der Waals surface area contributed by atoms with Crippen LogP contribution in [0.3, 0.4) is 0 Å². The zero-order valence-corrected chi connectivity index (χ0v) is 15.2. The van der Waals surface area contributed by atoms with Crippen LogP contribution in [0, 0.1) is 13.8 Å². The molecule has 2 aromatic heterocycles. The van der Waals surface area contributed by atoms with Crippen LogP contribution in [-0.2, 0) is 13.6 Å². The van der Waals surface area contributed by atoms with Gasteiger partial charge in [0, 0.05) is 18.8 Å². The molecule has 0 bridgehead atoms. The lowest BCUT2D eigenvalue weighted by molar-refractivity contribution is 0.104. The Morgan fingerprint density at radius 3 is 2.60 bits per heavy atom. The second kappa shape index (κ2) is 7.07. The largest absolute Gasteiger partial charge is 0.289 e. The zero-order chi connectivity index (χ0) is 18.0. The highest BCUT2D eigenvalue weighted by atomic mass is 35.5. The predicted octanol–water partition coefficient (Wildman–Crippen LogP) is 3.83. The van der Waals surface area contributed by atoms with E-state index in [0.717, 1.165) is 16.8 Å². The summed E-state index contributed by atoms with van der Waals surface area (Å²) in [5, 5.41) is 9.01. The molecule has 0 aliphatic rings. The van der Waals surface area contributed by atoms with E-state index in [9.17, 15) is 4.79 Å². The van der Waals surface area contributed by atoms with Gasteiger partial charge in [0.05, 0.1) is 24.0 Å². The Bertz CT molecular complexity index is 935. The van der Waals surface area contributed by atoms with Gasteiger partial charge in [-0.05, 0) is 31.6 Å². The number of allylic oxidation sites excluding steroid dienone is 1. The van der Waals surface area contributed by atoms with Crippen molar-refractivity contribution < 1.29 is 4.79 Å². The third kappa shape index (κ3) is 3.88. The molecule has 0 N–H and O–H groups in total. The molecule has 3 rings (SSSR count). The predicted molar refractivity (Wildman–Crippen MR) is 98.8 cm³/mol. The molecule has 0 atom stereocenters. The Labute approximate surface area is 151 Å². The lowest BCUT2D eigenvalue weighted by atomic mass is 10.1. The van der Waals surface area contributed by atoms with E-state index in [4.69, 9.17) is 11.6 Å². The van der Waals surface area contributed by atoms with Crippen LogP contribution < -0.4 is 0 Å². The Balaban J connectivity index is 1.80. The van der Waals surface area contributed by atoms with Crippen molar-refractivity contribution in [2.45, 2.75) is 20.4 Å². The molecule has 0 saturated heterocycles. The van der Waals surface area contributed by atoms with Crippen LogP contribution in [0.1, 0.15) is 32.7 Å². The molecule has 0 aliphatic heterocycles. The lowest BCUT2D eigenvalue weighted by Gasteiger charge is -2.04. The first-order valence-electron chi connectivity index (χ1n) is 7.93. The minimum absolute atomic E-state index is 0.116. The third-order valence-corrected chi connectivity index (χ3v) is 4.35. The van der Waals surface area contributed by atoms with Gasteiger partial charge in [-0.25, -0.2) is 4.68 Å². The highest BCUT2D eigenvalue weighted by molar-refractivity contribution is 6.31. The SMILES string of the molecule is Cc1ccc(Cn2nc(C)c(/C=C/C(=O)c3cnn(C)c3)c2Cl)cc1. The minimum atomic E-state index is -0.116. The first-order chi connectivity index (χ1) is 11.9. The van der Waals surface area contributed by atoms with Crippen LogP contribution in [0.4, 0.5) is 0 Å². The molecule has 0 amide bonds. The van der Waals surface area contributed by atoms with Crippen LogP contribution in [0.25, 0.3) is 6.08 Å². The lowest BCUT2D eigenvalue weighted by Crippen LogP contribution is -2.02. The first-order valence-corrected chi connectivity index (χ1v) is 8.31. The number of hydrogen-bond donors (Lipinski definition) is 0. The quantitative estimate of drug-likeness (QED) is 0.517. The molecule has 0 aliphatic carbocycles. The van der Waals surface area contributed by atoms with Gasteiger partial charge in [-0.15, -0.1) is 0 Å². The zero-order valence-electron chi connectivity index (χ0n) is 14.4. The molecular formula is C19H19ClN4O. The Kier molecular flexibility index (Phi) is 4.86. The van der Waals surface area contributed by atoms with E-state index in [2.05, 4.69) is 41.4 Å². The van der Waals surface area contributed by atoms with Crippen molar-refractivity contribution in [3.63, 3.8) is 0 Å². The fourth-order valence-electron chi connectivity index (χ4n) is 2.53. The summed E-state index contributed by atoms with van der Waals surface area (Å²) in [6.45, 7) is 4.52. The molecule has 0 unspecified atom stereocenters. The Morgan fingerprint density at radius 1 is 1.24 bits per heavy atom. The van der Waals surface area contributed by atoms with Gasteiger partial charge in [-0.2, -0.15) is 10.2 Å². The number of aryl methyl sites for hydroxylation is 3. The van der Waals surface area contributed by atoms with Crippen LogP contribution in [0.15, 0.2) is 42.7 Å². The molecule has 128 valence electrons. The van der Waals surface area contributed by atoms with Crippen LogP contribution >= 0.6 is 11.6 Å². The number of nitrogens with zero attached hydrogens (tertiary/aromatic N) is 4. The first kappa shape index (κ1) is 17.2. The highest BCUT2D eigenvalue weighted by Gasteiger charge is 2.12. The van der Waals surface area contributed by atoms with E-state index in [1.807, 2.05) is 6.92 Å². The smallest absolute Gasteiger partial charge is 0.189 e. The van der Waals surface area contributed by atoms with Gasteiger partial charge < -0.3 is 0 Å². The molecule has 5 nitrogen and oxygen atoms in total. The standard InChI is InChI=1S/C19H19ClN4O/c1-13-4-6-15(7-5-13)11-24-19(20)17(14(2)22-24)8-9-18(25)16-10-21-23(3)12-16/h4-10,12H,11H2,1-3H3/b9-8+. The summed E-state index contributed by atoms with van der Waals surface area (Å²) < 4.78 is 3.34. The number of ketones is 1. The number of aromatic nitrogens is 4. The molecule has 1 aromatic carbocycles. The molecule has 0 spiro atoms. The van der Waals surface area contributed by atoms with Crippen molar-refractivity contribution in [3.05, 3.63) is 75.8 Å². The summed E-state index contributed by atoms with van der Waals surface area (Å²) in [5.74, 6) is -0.116. The van der Waals surface area contributed by atoms with Gasteiger partial charge in [-0.1, -0.05) is 41.4 Å². The maximum atomic E-state index is 12.2. The fraction of sp³-hybridized carbons (Fsp3) is 0.211. The van der Waals surface area contributed by atoms with E-state index < -0.39 is 0 Å². The monoisotopic (exact) mass is 354 g/mol.